The van der Waals surface area contributed by atoms with Gasteiger partial charge in [0.2, 0.25) is 0 Å². The molecule has 0 saturated carbocycles. The van der Waals surface area contributed by atoms with E-state index in [1.807, 2.05) is 6.07 Å². The molecule has 1 atom stereocenters. The molecule has 1 saturated heterocycles. The van der Waals surface area contributed by atoms with Gasteiger partial charge in [-0.1, -0.05) is 30.7 Å². The first kappa shape index (κ1) is 15.0. The van der Waals surface area contributed by atoms with Crippen molar-refractivity contribution < 1.29 is 14.3 Å². The third kappa shape index (κ3) is 3.81. The summed E-state index contributed by atoms with van der Waals surface area (Å²) in [5.74, 6) is -0.113. The van der Waals surface area contributed by atoms with Gasteiger partial charge in [0.15, 0.2) is 0 Å². The molecule has 1 aliphatic rings. The highest BCUT2D eigenvalue weighted by Crippen LogP contribution is 2.21. The second-order valence-corrected chi connectivity index (χ2v) is 5.26. The third-order valence-electron chi connectivity index (χ3n) is 3.77. The predicted molar refractivity (Wildman–Crippen MR) is 77.2 cm³/mol. The molecule has 1 unspecified atom stereocenters. The maximum atomic E-state index is 11.9. The molecule has 0 bridgehead atoms. The van der Waals surface area contributed by atoms with E-state index in [-0.39, 0.29) is 12.0 Å². The van der Waals surface area contributed by atoms with Gasteiger partial charge in [-0.05, 0) is 30.5 Å². The molecule has 2 rings (SSSR count). The smallest absolute Gasteiger partial charge is 0.323 e. The number of ether oxygens (including phenoxy) is 2. The van der Waals surface area contributed by atoms with Gasteiger partial charge in [-0.15, -0.1) is 0 Å². The van der Waals surface area contributed by atoms with E-state index < -0.39 is 0 Å². The molecule has 1 fully saturated rings. The molecule has 1 aromatic rings. The number of esters is 1. The number of likely N-dealkylation sites (tertiary alicyclic amines) is 1. The van der Waals surface area contributed by atoms with Crippen molar-refractivity contribution >= 4 is 5.97 Å². The highest BCUT2D eigenvalue weighted by Gasteiger charge is 2.29. The molecule has 110 valence electrons. The number of rotatable bonds is 5. The van der Waals surface area contributed by atoms with Crippen molar-refractivity contribution in [2.24, 2.45) is 0 Å². The van der Waals surface area contributed by atoms with Crippen LogP contribution < -0.4 is 0 Å². The molecule has 20 heavy (non-hydrogen) atoms. The van der Waals surface area contributed by atoms with Gasteiger partial charge in [0.1, 0.15) is 6.04 Å². The summed E-state index contributed by atoms with van der Waals surface area (Å²) in [4.78, 5) is 14.1. The van der Waals surface area contributed by atoms with Crippen LogP contribution in [-0.4, -0.2) is 37.7 Å². The molecule has 1 aromatic carbocycles. The van der Waals surface area contributed by atoms with E-state index in [9.17, 15) is 4.79 Å². The molecule has 0 aliphatic carbocycles. The summed E-state index contributed by atoms with van der Waals surface area (Å²) in [6, 6.07) is 8.25. The second kappa shape index (κ2) is 7.41. The highest BCUT2D eigenvalue weighted by molar-refractivity contribution is 5.75. The second-order valence-electron chi connectivity index (χ2n) is 5.26. The molecular formula is C16H23NO3. The number of hydrogen-bond donors (Lipinski definition) is 0. The lowest BCUT2D eigenvalue weighted by Gasteiger charge is -2.33. The Morgan fingerprint density at radius 3 is 2.85 bits per heavy atom. The number of nitrogens with zero attached hydrogens (tertiary/aromatic N) is 1. The van der Waals surface area contributed by atoms with Crippen LogP contribution in [0.1, 0.15) is 30.4 Å². The summed E-state index contributed by atoms with van der Waals surface area (Å²) in [5.41, 5.74) is 2.38. The van der Waals surface area contributed by atoms with Crippen LogP contribution in [0.3, 0.4) is 0 Å². The standard InChI is InChI=1S/C16H23NO3/c1-19-12-14-7-5-6-13(10-14)11-17-9-4-3-8-15(17)16(18)20-2/h5-7,10,15H,3-4,8-9,11-12H2,1-2H3. The summed E-state index contributed by atoms with van der Waals surface area (Å²) in [5, 5.41) is 0. The first-order chi connectivity index (χ1) is 9.74. The van der Waals surface area contributed by atoms with E-state index in [0.29, 0.717) is 6.61 Å². The fourth-order valence-electron chi connectivity index (χ4n) is 2.80. The lowest BCUT2D eigenvalue weighted by molar-refractivity contribution is -0.148. The lowest BCUT2D eigenvalue weighted by Crippen LogP contribution is -2.44. The van der Waals surface area contributed by atoms with Crippen LogP contribution in [0.25, 0.3) is 0 Å². The Balaban J connectivity index is 2.06. The van der Waals surface area contributed by atoms with E-state index in [0.717, 1.165) is 37.9 Å². The first-order valence-corrected chi connectivity index (χ1v) is 7.13. The number of benzene rings is 1. The predicted octanol–water partition coefficient (Wildman–Crippen LogP) is 2.36. The van der Waals surface area contributed by atoms with Gasteiger partial charge in [-0.3, -0.25) is 9.69 Å². The van der Waals surface area contributed by atoms with Crippen molar-refractivity contribution in [3.05, 3.63) is 35.4 Å². The van der Waals surface area contributed by atoms with Gasteiger partial charge in [0.25, 0.3) is 0 Å². The molecule has 0 amide bonds. The summed E-state index contributed by atoms with van der Waals surface area (Å²) in [6.07, 6.45) is 3.13. The van der Waals surface area contributed by atoms with Crippen molar-refractivity contribution in [3.8, 4) is 0 Å². The third-order valence-corrected chi connectivity index (χ3v) is 3.77. The molecule has 0 spiro atoms. The SMILES string of the molecule is COCc1cccc(CN2CCCCC2C(=O)OC)c1. The monoisotopic (exact) mass is 277 g/mol. The molecule has 4 heteroatoms. The summed E-state index contributed by atoms with van der Waals surface area (Å²) in [6.45, 7) is 2.36. The van der Waals surface area contributed by atoms with Crippen molar-refractivity contribution in [1.29, 1.82) is 0 Å². The Hall–Kier alpha value is -1.39. The normalized spacial score (nSPS) is 19.8. The van der Waals surface area contributed by atoms with Crippen molar-refractivity contribution in [2.45, 2.75) is 38.5 Å². The van der Waals surface area contributed by atoms with Crippen molar-refractivity contribution in [3.63, 3.8) is 0 Å². The van der Waals surface area contributed by atoms with Crippen molar-refractivity contribution in [1.82, 2.24) is 4.90 Å². The minimum absolute atomic E-state index is 0.0974. The number of piperidine rings is 1. The minimum atomic E-state index is -0.113. The van der Waals surface area contributed by atoms with Gasteiger partial charge in [-0.25, -0.2) is 0 Å². The summed E-state index contributed by atoms with van der Waals surface area (Å²) >= 11 is 0. The summed E-state index contributed by atoms with van der Waals surface area (Å²) in [7, 11) is 3.17. The number of methoxy groups -OCH3 is 2. The van der Waals surface area contributed by atoms with E-state index in [1.165, 1.54) is 12.7 Å². The van der Waals surface area contributed by atoms with Crippen LogP contribution in [0.5, 0.6) is 0 Å². The Kier molecular flexibility index (Phi) is 5.56. The van der Waals surface area contributed by atoms with Crippen LogP contribution in [0.4, 0.5) is 0 Å². The van der Waals surface area contributed by atoms with Crippen molar-refractivity contribution in [2.75, 3.05) is 20.8 Å². The molecule has 0 aromatic heterocycles. The van der Waals surface area contributed by atoms with Gasteiger partial charge < -0.3 is 9.47 Å². The molecule has 1 aliphatic heterocycles. The molecule has 4 nitrogen and oxygen atoms in total. The van der Waals surface area contributed by atoms with Crippen LogP contribution >= 0.6 is 0 Å². The average molecular weight is 277 g/mol. The highest BCUT2D eigenvalue weighted by atomic mass is 16.5. The van der Waals surface area contributed by atoms with Crippen LogP contribution in [0.2, 0.25) is 0 Å². The number of carbonyl (C=O) groups is 1. The molecule has 0 radical (unpaired) electrons. The maximum Gasteiger partial charge on any atom is 0.323 e. The van der Waals surface area contributed by atoms with E-state index in [1.54, 1.807) is 7.11 Å². The van der Waals surface area contributed by atoms with Gasteiger partial charge in [-0.2, -0.15) is 0 Å². The van der Waals surface area contributed by atoms with E-state index in [4.69, 9.17) is 9.47 Å². The average Bonchev–Trinajstić information content (AvgIpc) is 2.48. The zero-order chi connectivity index (χ0) is 14.4. The number of hydrogen-bond acceptors (Lipinski definition) is 4. The molecule has 1 heterocycles. The summed E-state index contributed by atoms with van der Waals surface area (Å²) < 4.78 is 10.1. The Bertz CT molecular complexity index is 447. The Morgan fingerprint density at radius 2 is 2.10 bits per heavy atom. The molecule has 0 N–H and O–H groups in total. The zero-order valence-electron chi connectivity index (χ0n) is 12.3. The quantitative estimate of drug-likeness (QED) is 0.775. The van der Waals surface area contributed by atoms with Gasteiger partial charge in [0.05, 0.1) is 13.7 Å². The van der Waals surface area contributed by atoms with Crippen LogP contribution in [0.15, 0.2) is 24.3 Å². The van der Waals surface area contributed by atoms with E-state index in [2.05, 4.69) is 23.1 Å². The maximum absolute atomic E-state index is 11.9. The Labute approximate surface area is 120 Å². The van der Waals surface area contributed by atoms with Crippen LogP contribution in [0, 0.1) is 0 Å². The minimum Gasteiger partial charge on any atom is -0.468 e. The van der Waals surface area contributed by atoms with Crippen LogP contribution in [-0.2, 0) is 27.4 Å². The fourth-order valence-corrected chi connectivity index (χ4v) is 2.80. The topological polar surface area (TPSA) is 38.8 Å². The zero-order valence-corrected chi connectivity index (χ0v) is 12.3. The lowest BCUT2D eigenvalue weighted by atomic mass is 10.0. The largest absolute Gasteiger partial charge is 0.468 e. The molecular weight excluding hydrogens is 254 g/mol. The fraction of sp³-hybridized carbons (Fsp3) is 0.562. The first-order valence-electron chi connectivity index (χ1n) is 7.13. The van der Waals surface area contributed by atoms with Gasteiger partial charge in [0, 0.05) is 13.7 Å². The Morgan fingerprint density at radius 1 is 1.30 bits per heavy atom. The van der Waals surface area contributed by atoms with Gasteiger partial charge >= 0.3 is 5.97 Å². The van der Waals surface area contributed by atoms with E-state index >= 15 is 0 Å². The number of carbonyl (C=O) groups excluding carboxylic acids is 1.